The van der Waals surface area contributed by atoms with Crippen LogP contribution in [0.15, 0.2) is 27.6 Å². The summed E-state index contributed by atoms with van der Waals surface area (Å²) in [5.41, 5.74) is 6.66. The molecule has 0 spiro atoms. The van der Waals surface area contributed by atoms with E-state index in [9.17, 15) is 8.42 Å². The second-order valence-electron chi connectivity index (χ2n) is 4.34. The molecule has 0 amide bonds. The summed E-state index contributed by atoms with van der Waals surface area (Å²) >= 11 is 3.42. The fourth-order valence-corrected chi connectivity index (χ4v) is 4.99. The predicted octanol–water partition coefficient (Wildman–Crippen LogP) is 2.06. The van der Waals surface area contributed by atoms with Gasteiger partial charge >= 0.3 is 0 Å². The third-order valence-corrected chi connectivity index (χ3v) is 5.39. The van der Waals surface area contributed by atoms with Gasteiger partial charge in [0, 0.05) is 16.4 Å². The first-order valence-electron chi connectivity index (χ1n) is 5.18. The van der Waals surface area contributed by atoms with E-state index in [2.05, 4.69) is 15.9 Å². The first-order valence-corrected chi connectivity index (χ1v) is 7.63. The zero-order valence-corrected chi connectivity index (χ0v) is 11.4. The van der Waals surface area contributed by atoms with Crippen molar-refractivity contribution in [1.29, 1.82) is 0 Å². The Bertz CT molecular complexity index is 511. The molecule has 0 fully saturated rings. The Morgan fingerprint density at radius 3 is 2.88 bits per heavy atom. The lowest BCUT2D eigenvalue weighted by molar-refractivity contribution is 0.575. The number of sulfone groups is 1. The van der Waals surface area contributed by atoms with Crippen LogP contribution >= 0.6 is 15.9 Å². The van der Waals surface area contributed by atoms with Crippen LogP contribution in [0.4, 0.5) is 0 Å². The Kier molecular flexibility index (Phi) is 3.11. The third-order valence-electron chi connectivity index (χ3n) is 2.83. The average Bonchev–Trinajstić information content (AvgIpc) is 2.38. The van der Waals surface area contributed by atoms with Crippen molar-refractivity contribution < 1.29 is 8.42 Å². The van der Waals surface area contributed by atoms with Crippen molar-refractivity contribution in [3.8, 4) is 0 Å². The number of hydrogen-bond acceptors (Lipinski definition) is 3. The number of halogens is 1. The molecule has 0 radical (unpaired) electrons. The van der Waals surface area contributed by atoms with E-state index in [4.69, 9.17) is 5.73 Å². The lowest BCUT2D eigenvalue weighted by Crippen LogP contribution is -2.19. The highest BCUT2D eigenvalue weighted by atomic mass is 79.9. The molecular formula is C11H14BrNO2S. The average molecular weight is 304 g/mol. The monoisotopic (exact) mass is 303 g/mol. The second-order valence-corrected chi connectivity index (χ2v) is 7.20. The largest absolute Gasteiger partial charge is 0.328 e. The molecule has 2 atom stereocenters. The van der Waals surface area contributed by atoms with Crippen molar-refractivity contribution >= 4 is 25.8 Å². The standard InChI is InChI=1S/C11H14BrNO2S/c1-7(13)5-8-6-16(14,15)10-4-2-3-9(12)11(8)10/h2-4,7-8H,5-6,13H2,1H3. The van der Waals surface area contributed by atoms with Gasteiger partial charge in [-0.15, -0.1) is 0 Å². The number of benzene rings is 1. The van der Waals surface area contributed by atoms with Crippen LogP contribution in [-0.4, -0.2) is 20.2 Å². The number of rotatable bonds is 2. The van der Waals surface area contributed by atoms with Gasteiger partial charge in [-0.1, -0.05) is 22.0 Å². The van der Waals surface area contributed by atoms with Crippen molar-refractivity contribution in [2.24, 2.45) is 5.73 Å². The molecule has 0 saturated carbocycles. The van der Waals surface area contributed by atoms with E-state index in [-0.39, 0.29) is 17.7 Å². The molecule has 5 heteroatoms. The van der Waals surface area contributed by atoms with E-state index in [0.717, 1.165) is 10.0 Å². The Labute approximate surface area is 104 Å². The third kappa shape index (κ3) is 2.04. The van der Waals surface area contributed by atoms with E-state index in [1.54, 1.807) is 12.1 Å². The second kappa shape index (κ2) is 4.13. The zero-order chi connectivity index (χ0) is 11.9. The normalized spacial score (nSPS) is 24.1. The van der Waals surface area contributed by atoms with E-state index in [1.807, 2.05) is 13.0 Å². The summed E-state index contributed by atoms with van der Waals surface area (Å²) in [6.07, 6.45) is 0.703. The van der Waals surface area contributed by atoms with Gasteiger partial charge < -0.3 is 5.73 Å². The summed E-state index contributed by atoms with van der Waals surface area (Å²) in [7, 11) is -3.11. The minimum absolute atomic E-state index is 0.0123. The molecule has 16 heavy (non-hydrogen) atoms. The molecule has 0 aliphatic carbocycles. The van der Waals surface area contributed by atoms with Crippen LogP contribution < -0.4 is 5.73 Å². The summed E-state index contributed by atoms with van der Waals surface area (Å²) < 4.78 is 24.7. The van der Waals surface area contributed by atoms with Gasteiger partial charge in [-0.05, 0) is 31.0 Å². The summed E-state index contributed by atoms with van der Waals surface area (Å²) in [6, 6.07) is 5.33. The van der Waals surface area contributed by atoms with Crippen LogP contribution in [0.3, 0.4) is 0 Å². The maximum absolute atomic E-state index is 11.9. The van der Waals surface area contributed by atoms with Crippen molar-refractivity contribution in [2.75, 3.05) is 5.75 Å². The molecular weight excluding hydrogens is 290 g/mol. The van der Waals surface area contributed by atoms with Gasteiger partial charge in [0.1, 0.15) is 0 Å². The van der Waals surface area contributed by atoms with Crippen LogP contribution in [0.25, 0.3) is 0 Å². The quantitative estimate of drug-likeness (QED) is 0.910. The Morgan fingerprint density at radius 2 is 2.25 bits per heavy atom. The van der Waals surface area contributed by atoms with Gasteiger partial charge in [0.15, 0.2) is 9.84 Å². The topological polar surface area (TPSA) is 60.2 Å². The zero-order valence-electron chi connectivity index (χ0n) is 8.98. The van der Waals surface area contributed by atoms with Crippen molar-refractivity contribution in [3.05, 3.63) is 28.2 Å². The van der Waals surface area contributed by atoms with E-state index < -0.39 is 9.84 Å². The number of nitrogens with two attached hydrogens (primary N) is 1. The van der Waals surface area contributed by atoms with Gasteiger partial charge in [-0.3, -0.25) is 0 Å². The molecule has 1 heterocycles. The van der Waals surface area contributed by atoms with E-state index >= 15 is 0 Å². The fraction of sp³-hybridized carbons (Fsp3) is 0.455. The van der Waals surface area contributed by atoms with Crippen LogP contribution in [-0.2, 0) is 9.84 Å². The summed E-state index contributed by atoms with van der Waals surface area (Å²) in [6.45, 7) is 1.90. The Hall–Kier alpha value is -0.390. The van der Waals surface area contributed by atoms with Crippen molar-refractivity contribution in [3.63, 3.8) is 0 Å². The smallest absolute Gasteiger partial charge is 0.179 e. The van der Waals surface area contributed by atoms with Crippen molar-refractivity contribution in [1.82, 2.24) is 0 Å². The van der Waals surface area contributed by atoms with Crippen LogP contribution in [0.1, 0.15) is 24.8 Å². The molecule has 0 aromatic heterocycles. The Morgan fingerprint density at radius 1 is 1.56 bits per heavy atom. The van der Waals surface area contributed by atoms with Gasteiger partial charge in [-0.25, -0.2) is 8.42 Å². The van der Waals surface area contributed by atoms with Gasteiger partial charge in [0.2, 0.25) is 0 Å². The maximum atomic E-state index is 11.9. The number of hydrogen-bond donors (Lipinski definition) is 1. The molecule has 0 saturated heterocycles. The van der Waals surface area contributed by atoms with E-state index in [0.29, 0.717) is 11.3 Å². The summed E-state index contributed by atoms with van der Waals surface area (Å²) in [4.78, 5) is 0.465. The molecule has 88 valence electrons. The van der Waals surface area contributed by atoms with Gasteiger partial charge in [0.05, 0.1) is 10.6 Å². The molecule has 2 unspecified atom stereocenters. The first kappa shape index (κ1) is 12.1. The highest BCUT2D eigenvalue weighted by Crippen LogP contribution is 2.41. The molecule has 2 N–H and O–H groups in total. The minimum Gasteiger partial charge on any atom is -0.328 e. The van der Waals surface area contributed by atoms with Crippen LogP contribution in [0, 0.1) is 0 Å². The highest BCUT2D eigenvalue weighted by molar-refractivity contribution is 9.10. The summed E-state index contributed by atoms with van der Waals surface area (Å²) in [5, 5.41) is 0. The fourth-order valence-electron chi connectivity index (χ4n) is 2.26. The molecule has 1 aromatic carbocycles. The van der Waals surface area contributed by atoms with Gasteiger partial charge in [0.25, 0.3) is 0 Å². The molecule has 1 aliphatic rings. The molecule has 3 nitrogen and oxygen atoms in total. The molecule has 1 aromatic rings. The lowest BCUT2D eigenvalue weighted by Gasteiger charge is -2.13. The lowest BCUT2D eigenvalue weighted by atomic mass is 9.95. The molecule has 1 aliphatic heterocycles. The van der Waals surface area contributed by atoms with Crippen LogP contribution in [0.2, 0.25) is 0 Å². The molecule has 2 rings (SSSR count). The first-order chi connectivity index (χ1) is 7.42. The minimum atomic E-state index is -3.11. The predicted molar refractivity (Wildman–Crippen MR) is 67.2 cm³/mol. The van der Waals surface area contributed by atoms with Crippen LogP contribution in [0.5, 0.6) is 0 Å². The highest BCUT2D eigenvalue weighted by Gasteiger charge is 2.36. The Balaban J connectivity index is 2.52. The number of fused-ring (bicyclic) bond motifs is 1. The van der Waals surface area contributed by atoms with Gasteiger partial charge in [-0.2, -0.15) is 0 Å². The molecule has 0 bridgehead atoms. The van der Waals surface area contributed by atoms with E-state index in [1.165, 1.54) is 0 Å². The van der Waals surface area contributed by atoms with Crippen molar-refractivity contribution in [2.45, 2.75) is 30.2 Å². The summed E-state index contributed by atoms with van der Waals surface area (Å²) in [5.74, 6) is 0.211. The maximum Gasteiger partial charge on any atom is 0.179 e. The SMILES string of the molecule is CC(N)CC1CS(=O)(=O)c2cccc(Br)c21.